The molecule has 1 aromatic carbocycles. The summed E-state index contributed by atoms with van der Waals surface area (Å²) < 4.78 is 9.82. The van der Waals surface area contributed by atoms with Crippen molar-refractivity contribution in [1.82, 2.24) is 10.3 Å². The minimum absolute atomic E-state index is 0.0179. The van der Waals surface area contributed by atoms with Gasteiger partial charge in [-0.2, -0.15) is 0 Å². The van der Waals surface area contributed by atoms with Crippen LogP contribution in [0.5, 0.6) is 0 Å². The smallest absolute Gasteiger partial charge is 0.412 e. The number of nitrogens with zero attached hydrogens (tertiary/aromatic N) is 2. The van der Waals surface area contributed by atoms with E-state index in [0.717, 1.165) is 7.11 Å². The number of nitro groups is 1. The van der Waals surface area contributed by atoms with Crippen molar-refractivity contribution in [2.24, 2.45) is 0 Å². The Kier molecular flexibility index (Phi) is 6.34. The fourth-order valence-corrected chi connectivity index (χ4v) is 2.94. The predicted molar refractivity (Wildman–Crippen MR) is 106 cm³/mol. The molecule has 0 saturated carbocycles. The van der Waals surface area contributed by atoms with Gasteiger partial charge in [0.2, 0.25) is 0 Å². The van der Waals surface area contributed by atoms with Gasteiger partial charge in [0, 0.05) is 17.8 Å². The second-order valence-electron chi connectivity index (χ2n) is 6.62. The number of amides is 1. The number of nitro benzene ring substituents is 1. The Morgan fingerprint density at radius 2 is 1.93 bits per heavy atom. The monoisotopic (exact) mass is 451 g/mol. The van der Waals surface area contributed by atoms with Crippen molar-refractivity contribution in [2.45, 2.75) is 26.4 Å². The van der Waals surface area contributed by atoms with Gasteiger partial charge in [0.05, 0.1) is 27.5 Å². The van der Waals surface area contributed by atoms with E-state index in [1.807, 2.05) is 0 Å². The molecule has 9 nitrogen and oxygen atoms in total. The number of aromatic nitrogens is 1. The molecule has 0 radical (unpaired) electrons. The molecule has 0 bridgehead atoms. The normalized spacial score (nSPS) is 12.2. The summed E-state index contributed by atoms with van der Waals surface area (Å²) in [5.41, 5.74) is -1.30. The van der Waals surface area contributed by atoms with Gasteiger partial charge in [-0.3, -0.25) is 20.4 Å². The molecular formula is C18H18BrN3O6. The van der Waals surface area contributed by atoms with E-state index in [0.29, 0.717) is 10.8 Å². The third-order valence-electron chi connectivity index (χ3n) is 3.45. The van der Waals surface area contributed by atoms with E-state index in [-0.39, 0.29) is 21.4 Å². The summed E-state index contributed by atoms with van der Waals surface area (Å²) in [6, 6.07) is 4.57. The molecule has 10 heteroatoms. The Labute approximate surface area is 169 Å². The molecule has 1 aromatic heterocycles. The molecule has 0 spiro atoms. The van der Waals surface area contributed by atoms with Gasteiger partial charge in [-0.1, -0.05) is 6.07 Å². The molecule has 0 aliphatic rings. The van der Waals surface area contributed by atoms with Gasteiger partial charge in [0.1, 0.15) is 11.3 Å². The number of nitrogens with one attached hydrogen (secondary N) is 1. The molecule has 0 aliphatic heterocycles. The zero-order chi connectivity index (χ0) is 21.1. The number of hydrogen-bond donors (Lipinski definition) is 1. The highest BCUT2D eigenvalue weighted by Crippen LogP contribution is 2.37. The SMILES string of the molecule is COC(=O)/C(NC(=O)OC(C)(C)C)=C(/Br)c1ccc2cnccc2c1[N+](=O)[O-]. The zero-order valence-corrected chi connectivity index (χ0v) is 17.2. The Hall–Kier alpha value is -3.01. The van der Waals surface area contributed by atoms with E-state index in [4.69, 9.17) is 9.47 Å². The van der Waals surface area contributed by atoms with Crippen LogP contribution in [0.2, 0.25) is 0 Å². The van der Waals surface area contributed by atoms with Crippen molar-refractivity contribution in [3.63, 3.8) is 0 Å². The number of esters is 1. The fraction of sp³-hybridized carbons (Fsp3) is 0.278. The standard InChI is InChI=1S/C18H18BrN3O6/c1-18(2,3)28-17(24)21-14(16(23)27-4)13(19)12-6-5-10-9-20-8-7-11(10)15(12)22(25)26/h5-9H,1-4H3,(H,21,24)/b14-13-. The Bertz CT molecular complexity index is 981. The van der Waals surface area contributed by atoms with Crippen molar-refractivity contribution in [2.75, 3.05) is 7.11 Å². The van der Waals surface area contributed by atoms with Crippen LogP contribution >= 0.6 is 15.9 Å². The van der Waals surface area contributed by atoms with Gasteiger partial charge < -0.3 is 9.47 Å². The first-order valence-electron chi connectivity index (χ1n) is 8.04. The number of ether oxygens (including phenoxy) is 2. The molecule has 2 aromatic rings. The predicted octanol–water partition coefficient (Wildman–Crippen LogP) is 3.90. The molecule has 0 saturated heterocycles. The van der Waals surface area contributed by atoms with Gasteiger partial charge >= 0.3 is 12.1 Å². The number of alkyl carbamates (subject to hydrolysis) is 1. The van der Waals surface area contributed by atoms with Crippen LogP contribution in [-0.4, -0.2) is 34.7 Å². The van der Waals surface area contributed by atoms with Crippen LogP contribution in [0.4, 0.5) is 10.5 Å². The number of halogens is 1. The van der Waals surface area contributed by atoms with Gasteiger partial charge in [-0.05, 0) is 48.8 Å². The number of carbonyl (C=O) groups is 2. The van der Waals surface area contributed by atoms with Crippen molar-refractivity contribution in [1.29, 1.82) is 0 Å². The summed E-state index contributed by atoms with van der Waals surface area (Å²) in [6.07, 6.45) is 2.01. The average Bonchev–Trinajstić information content (AvgIpc) is 2.62. The Balaban J connectivity index is 2.65. The molecule has 0 unspecified atom stereocenters. The lowest BCUT2D eigenvalue weighted by atomic mass is 10.0. The average molecular weight is 452 g/mol. The highest BCUT2D eigenvalue weighted by atomic mass is 79.9. The minimum Gasteiger partial charge on any atom is -0.464 e. The van der Waals surface area contributed by atoms with Gasteiger partial charge in [0.25, 0.3) is 5.69 Å². The number of methoxy groups -OCH3 is 1. The molecule has 1 heterocycles. The number of benzene rings is 1. The number of carbonyl (C=O) groups excluding carboxylic acids is 2. The van der Waals surface area contributed by atoms with E-state index in [1.54, 1.807) is 26.8 Å². The Morgan fingerprint density at radius 1 is 1.25 bits per heavy atom. The number of pyridine rings is 1. The molecule has 1 N–H and O–H groups in total. The second kappa shape index (κ2) is 8.34. The summed E-state index contributed by atoms with van der Waals surface area (Å²) in [5.74, 6) is -0.901. The maximum Gasteiger partial charge on any atom is 0.412 e. The number of rotatable bonds is 4. The highest BCUT2D eigenvalue weighted by Gasteiger charge is 2.27. The van der Waals surface area contributed by atoms with E-state index < -0.39 is 22.6 Å². The first-order chi connectivity index (χ1) is 13.0. The number of hydrogen-bond acceptors (Lipinski definition) is 7. The lowest BCUT2D eigenvalue weighted by Gasteiger charge is -2.20. The van der Waals surface area contributed by atoms with Gasteiger partial charge in [-0.25, -0.2) is 9.59 Å². The molecule has 2 rings (SSSR count). The molecule has 0 fully saturated rings. The maximum absolute atomic E-state index is 12.2. The molecule has 0 aliphatic carbocycles. The third-order valence-corrected chi connectivity index (χ3v) is 4.27. The zero-order valence-electron chi connectivity index (χ0n) is 15.6. The summed E-state index contributed by atoms with van der Waals surface area (Å²) in [5, 5.41) is 14.9. The van der Waals surface area contributed by atoms with Crippen molar-refractivity contribution < 1.29 is 24.0 Å². The summed E-state index contributed by atoms with van der Waals surface area (Å²) >= 11 is 3.20. The van der Waals surface area contributed by atoms with Crippen LogP contribution in [0.3, 0.4) is 0 Å². The van der Waals surface area contributed by atoms with Crippen LogP contribution in [-0.2, 0) is 14.3 Å². The number of fused-ring (bicyclic) bond motifs is 1. The molecule has 0 atom stereocenters. The van der Waals surface area contributed by atoms with E-state index in [2.05, 4.69) is 26.2 Å². The van der Waals surface area contributed by atoms with Crippen LogP contribution < -0.4 is 5.32 Å². The second-order valence-corrected chi connectivity index (χ2v) is 7.42. The lowest BCUT2D eigenvalue weighted by Crippen LogP contribution is -2.34. The van der Waals surface area contributed by atoms with Crippen LogP contribution in [0, 0.1) is 10.1 Å². The highest BCUT2D eigenvalue weighted by molar-refractivity contribution is 9.15. The topological polar surface area (TPSA) is 121 Å². The maximum atomic E-state index is 12.2. The fourth-order valence-electron chi connectivity index (χ4n) is 2.36. The minimum atomic E-state index is -0.905. The van der Waals surface area contributed by atoms with Crippen molar-refractivity contribution in [3.8, 4) is 0 Å². The largest absolute Gasteiger partial charge is 0.464 e. The summed E-state index contributed by atoms with van der Waals surface area (Å²) in [7, 11) is 1.12. The van der Waals surface area contributed by atoms with Gasteiger partial charge in [0.15, 0.2) is 0 Å². The summed E-state index contributed by atoms with van der Waals surface area (Å²) in [4.78, 5) is 39.4. The first-order valence-corrected chi connectivity index (χ1v) is 8.84. The first kappa shape index (κ1) is 21.3. The van der Waals surface area contributed by atoms with Crippen molar-refractivity contribution >= 4 is 48.9 Å². The van der Waals surface area contributed by atoms with Crippen LogP contribution in [0.25, 0.3) is 15.3 Å². The quantitative estimate of drug-likeness (QED) is 0.323. The van der Waals surface area contributed by atoms with Crippen LogP contribution in [0.1, 0.15) is 26.3 Å². The molecule has 1 amide bonds. The summed E-state index contributed by atoms with van der Waals surface area (Å²) in [6.45, 7) is 4.97. The van der Waals surface area contributed by atoms with Crippen molar-refractivity contribution in [3.05, 3.63) is 52.0 Å². The van der Waals surface area contributed by atoms with E-state index in [9.17, 15) is 19.7 Å². The lowest BCUT2D eigenvalue weighted by molar-refractivity contribution is -0.383. The third kappa shape index (κ3) is 4.83. The van der Waals surface area contributed by atoms with Crippen LogP contribution in [0.15, 0.2) is 36.3 Å². The van der Waals surface area contributed by atoms with Gasteiger partial charge in [-0.15, -0.1) is 0 Å². The molecule has 148 valence electrons. The van der Waals surface area contributed by atoms with E-state index in [1.165, 1.54) is 24.5 Å². The molecule has 28 heavy (non-hydrogen) atoms. The Morgan fingerprint density at radius 3 is 2.50 bits per heavy atom. The van der Waals surface area contributed by atoms with E-state index >= 15 is 0 Å². The molecular weight excluding hydrogens is 434 g/mol.